The van der Waals surface area contributed by atoms with Crippen molar-refractivity contribution < 1.29 is 4.79 Å². The molecule has 0 aliphatic heterocycles. The number of carbonyl (C=O) groups is 1. The van der Waals surface area contributed by atoms with Gasteiger partial charge in [0.2, 0.25) is 0 Å². The van der Waals surface area contributed by atoms with Gasteiger partial charge in [-0.15, -0.1) is 0 Å². The van der Waals surface area contributed by atoms with E-state index in [1.807, 2.05) is 45.0 Å². The Morgan fingerprint density at radius 1 is 1.09 bits per heavy atom. The van der Waals surface area contributed by atoms with Crippen LogP contribution in [-0.4, -0.2) is 6.03 Å². The number of rotatable bonds is 3. The molecule has 0 bridgehead atoms. The second-order valence-electron chi connectivity index (χ2n) is 5.30. The number of halogens is 2. The molecule has 2 aromatic carbocycles. The topological polar surface area (TPSA) is 41.1 Å². The van der Waals surface area contributed by atoms with Crippen LogP contribution in [0.3, 0.4) is 0 Å². The van der Waals surface area contributed by atoms with Crippen LogP contribution in [0.5, 0.6) is 0 Å². The first-order chi connectivity index (χ1) is 10.4. The second kappa shape index (κ2) is 7.03. The molecule has 1 unspecified atom stereocenters. The van der Waals surface area contributed by atoms with Crippen LogP contribution in [0.25, 0.3) is 0 Å². The lowest BCUT2D eigenvalue weighted by molar-refractivity contribution is 0.249. The van der Waals surface area contributed by atoms with Gasteiger partial charge in [-0.3, -0.25) is 0 Å². The Bertz CT molecular complexity index is 701. The van der Waals surface area contributed by atoms with Crippen LogP contribution in [0, 0.1) is 13.8 Å². The number of nitrogens with one attached hydrogen (secondary N) is 2. The summed E-state index contributed by atoms with van der Waals surface area (Å²) in [6, 6.07) is 10.6. The van der Waals surface area contributed by atoms with E-state index in [0.717, 1.165) is 22.4 Å². The van der Waals surface area contributed by atoms with E-state index in [2.05, 4.69) is 10.6 Å². The largest absolute Gasteiger partial charge is 0.331 e. The monoisotopic (exact) mass is 336 g/mol. The summed E-state index contributed by atoms with van der Waals surface area (Å²) >= 11 is 12.0. The second-order valence-corrected chi connectivity index (χ2v) is 6.15. The van der Waals surface area contributed by atoms with Crippen molar-refractivity contribution in [3.63, 3.8) is 0 Å². The summed E-state index contributed by atoms with van der Waals surface area (Å²) in [5.74, 6) is 0. The lowest BCUT2D eigenvalue weighted by Crippen LogP contribution is -2.31. The van der Waals surface area contributed by atoms with Crippen LogP contribution in [0.1, 0.15) is 29.7 Å². The van der Waals surface area contributed by atoms with E-state index in [1.165, 1.54) is 0 Å². The van der Waals surface area contributed by atoms with E-state index in [1.54, 1.807) is 12.1 Å². The zero-order valence-corrected chi connectivity index (χ0v) is 14.2. The highest BCUT2D eigenvalue weighted by Gasteiger charge is 2.13. The maximum atomic E-state index is 12.1. The molecule has 2 N–H and O–H groups in total. The molecule has 1 atom stereocenters. The summed E-state index contributed by atoms with van der Waals surface area (Å²) in [5, 5.41) is 6.82. The predicted molar refractivity (Wildman–Crippen MR) is 92.9 cm³/mol. The molecule has 0 aliphatic carbocycles. The van der Waals surface area contributed by atoms with Crippen molar-refractivity contribution in [3.8, 4) is 0 Å². The number of aryl methyl sites for hydroxylation is 2. The average molecular weight is 337 g/mol. The highest BCUT2D eigenvalue weighted by Crippen LogP contribution is 2.26. The predicted octanol–water partition coefficient (Wildman–Crippen LogP) is 5.49. The maximum absolute atomic E-state index is 12.1. The zero-order chi connectivity index (χ0) is 16.3. The van der Waals surface area contributed by atoms with Gasteiger partial charge in [-0.05, 0) is 50.1 Å². The molecular formula is C17H18Cl2N2O. The molecule has 0 saturated carbocycles. The Morgan fingerprint density at radius 3 is 2.45 bits per heavy atom. The van der Waals surface area contributed by atoms with Gasteiger partial charge in [0, 0.05) is 15.7 Å². The summed E-state index contributed by atoms with van der Waals surface area (Å²) < 4.78 is 0. The quantitative estimate of drug-likeness (QED) is 0.764. The number of amides is 2. The third-order valence-electron chi connectivity index (χ3n) is 3.41. The molecule has 3 nitrogen and oxygen atoms in total. The molecule has 0 aromatic heterocycles. The van der Waals surface area contributed by atoms with Crippen molar-refractivity contribution >= 4 is 34.9 Å². The molecule has 0 saturated heterocycles. The van der Waals surface area contributed by atoms with Crippen LogP contribution in [0.4, 0.5) is 10.5 Å². The van der Waals surface area contributed by atoms with E-state index in [4.69, 9.17) is 23.2 Å². The van der Waals surface area contributed by atoms with Crippen molar-refractivity contribution in [2.24, 2.45) is 0 Å². The first-order valence-electron chi connectivity index (χ1n) is 6.96. The molecule has 0 aliphatic rings. The normalized spacial score (nSPS) is 11.9. The highest BCUT2D eigenvalue weighted by molar-refractivity contribution is 6.35. The van der Waals surface area contributed by atoms with Gasteiger partial charge in [0.1, 0.15) is 0 Å². The number of hydrogen-bond acceptors (Lipinski definition) is 1. The van der Waals surface area contributed by atoms with Crippen LogP contribution < -0.4 is 10.6 Å². The number of carbonyl (C=O) groups excluding carboxylic acids is 1. The number of hydrogen-bond donors (Lipinski definition) is 2. The first-order valence-corrected chi connectivity index (χ1v) is 7.72. The van der Waals surface area contributed by atoms with Crippen LogP contribution in [0.15, 0.2) is 36.4 Å². The molecule has 0 spiro atoms. The molecule has 0 fully saturated rings. The number of benzene rings is 2. The van der Waals surface area contributed by atoms with Gasteiger partial charge in [0.25, 0.3) is 0 Å². The smallest absolute Gasteiger partial charge is 0.319 e. The van der Waals surface area contributed by atoms with Crippen molar-refractivity contribution in [1.82, 2.24) is 5.32 Å². The summed E-state index contributed by atoms with van der Waals surface area (Å²) in [6.45, 7) is 5.85. The van der Waals surface area contributed by atoms with Crippen molar-refractivity contribution in [2.75, 3.05) is 5.32 Å². The summed E-state index contributed by atoms with van der Waals surface area (Å²) in [4.78, 5) is 12.1. The van der Waals surface area contributed by atoms with Gasteiger partial charge < -0.3 is 10.6 Å². The number of urea groups is 1. The van der Waals surface area contributed by atoms with E-state index >= 15 is 0 Å². The molecule has 2 amide bonds. The minimum Gasteiger partial charge on any atom is -0.331 e. The van der Waals surface area contributed by atoms with Gasteiger partial charge in [0.15, 0.2) is 0 Å². The van der Waals surface area contributed by atoms with Crippen molar-refractivity contribution in [3.05, 3.63) is 63.1 Å². The third-order valence-corrected chi connectivity index (χ3v) is 3.97. The molecule has 5 heteroatoms. The maximum Gasteiger partial charge on any atom is 0.319 e. The Kier molecular flexibility index (Phi) is 5.33. The Balaban J connectivity index is 2.05. The molecule has 22 heavy (non-hydrogen) atoms. The standard InChI is InChI=1S/C17H18Cl2N2O/c1-10-4-7-16(11(2)8-10)21-17(22)20-12(3)14-6-5-13(18)9-15(14)19/h4-9,12H,1-3H3,(H2,20,21,22). The molecule has 2 aromatic rings. The Morgan fingerprint density at radius 2 is 1.82 bits per heavy atom. The lowest BCUT2D eigenvalue weighted by Gasteiger charge is -2.17. The summed E-state index contributed by atoms with van der Waals surface area (Å²) in [5.41, 5.74) is 3.79. The highest BCUT2D eigenvalue weighted by atomic mass is 35.5. The number of anilines is 1. The fraction of sp³-hybridized carbons (Fsp3) is 0.235. The van der Waals surface area contributed by atoms with Crippen molar-refractivity contribution in [1.29, 1.82) is 0 Å². The summed E-state index contributed by atoms with van der Waals surface area (Å²) in [6.07, 6.45) is 0. The fourth-order valence-electron chi connectivity index (χ4n) is 2.24. The Hall–Kier alpha value is -1.71. The van der Waals surface area contributed by atoms with E-state index in [0.29, 0.717) is 10.0 Å². The van der Waals surface area contributed by atoms with E-state index in [-0.39, 0.29) is 12.1 Å². The van der Waals surface area contributed by atoms with E-state index in [9.17, 15) is 4.79 Å². The minimum absolute atomic E-state index is 0.226. The summed E-state index contributed by atoms with van der Waals surface area (Å²) in [7, 11) is 0. The average Bonchev–Trinajstić information content (AvgIpc) is 2.41. The SMILES string of the molecule is Cc1ccc(NC(=O)NC(C)c2ccc(Cl)cc2Cl)c(C)c1. The van der Waals surface area contributed by atoms with Gasteiger partial charge in [-0.1, -0.05) is 47.0 Å². The van der Waals surface area contributed by atoms with Gasteiger partial charge in [-0.25, -0.2) is 4.79 Å². The fourth-order valence-corrected chi connectivity index (χ4v) is 2.81. The zero-order valence-electron chi connectivity index (χ0n) is 12.7. The van der Waals surface area contributed by atoms with E-state index < -0.39 is 0 Å². The van der Waals surface area contributed by atoms with Crippen LogP contribution in [0.2, 0.25) is 10.0 Å². The molecule has 0 radical (unpaired) electrons. The van der Waals surface area contributed by atoms with Gasteiger partial charge in [0.05, 0.1) is 6.04 Å². The Labute approximate surface area is 140 Å². The minimum atomic E-state index is -0.273. The first kappa shape index (κ1) is 16.7. The van der Waals surface area contributed by atoms with Crippen LogP contribution >= 0.6 is 23.2 Å². The third kappa shape index (κ3) is 4.15. The molecule has 0 heterocycles. The molecule has 116 valence electrons. The van der Waals surface area contributed by atoms with Gasteiger partial charge >= 0.3 is 6.03 Å². The van der Waals surface area contributed by atoms with Crippen LogP contribution in [-0.2, 0) is 0 Å². The van der Waals surface area contributed by atoms with Crippen molar-refractivity contribution in [2.45, 2.75) is 26.8 Å². The molecular weight excluding hydrogens is 319 g/mol. The lowest BCUT2D eigenvalue weighted by atomic mass is 10.1. The van der Waals surface area contributed by atoms with Gasteiger partial charge in [-0.2, -0.15) is 0 Å². The molecule has 2 rings (SSSR count).